The molecule has 6 nitrogen and oxygen atoms in total. The Morgan fingerprint density at radius 3 is 2.88 bits per heavy atom. The SMILES string of the molecule is CC1CC(CN)(C(=O)NCc2ncn(C)n2)C1. The molecule has 0 aliphatic heterocycles. The highest BCUT2D eigenvalue weighted by atomic mass is 16.2. The number of nitrogens with zero attached hydrogens (tertiary/aromatic N) is 3. The molecule has 0 bridgehead atoms. The zero-order valence-corrected chi connectivity index (χ0v) is 10.3. The number of amides is 1. The lowest BCUT2D eigenvalue weighted by atomic mass is 9.62. The van der Waals surface area contributed by atoms with Gasteiger partial charge in [0.25, 0.3) is 0 Å². The Bertz CT molecular complexity index is 408. The molecule has 1 fully saturated rings. The van der Waals surface area contributed by atoms with Gasteiger partial charge in [0, 0.05) is 13.6 Å². The first kappa shape index (κ1) is 12.0. The summed E-state index contributed by atoms with van der Waals surface area (Å²) >= 11 is 0. The maximum atomic E-state index is 12.1. The van der Waals surface area contributed by atoms with E-state index in [1.54, 1.807) is 18.1 Å². The minimum Gasteiger partial charge on any atom is -0.348 e. The molecule has 6 heteroatoms. The first-order valence-electron chi connectivity index (χ1n) is 5.88. The zero-order valence-electron chi connectivity index (χ0n) is 10.3. The minimum atomic E-state index is -0.353. The third-order valence-corrected chi connectivity index (χ3v) is 3.40. The van der Waals surface area contributed by atoms with Crippen LogP contribution in [0.3, 0.4) is 0 Å². The van der Waals surface area contributed by atoms with Gasteiger partial charge in [-0.25, -0.2) is 4.98 Å². The van der Waals surface area contributed by atoms with E-state index < -0.39 is 0 Å². The van der Waals surface area contributed by atoms with Crippen molar-refractivity contribution >= 4 is 5.91 Å². The van der Waals surface area contributed by atoms with Gasteiger partial charge in [-0.2, -0.15) is 5.10 Å². The van der Waals surface area contributed by atoms with Gasteiger partial charge >= 0.3 is 0 Å². The number of hydrogen-bond donors (Lipinski definition) is 2. The lowest BCUT2D eigenvalue weighted by Crippen LogP contribution is -2.53. The highest BCUT2D eigenvalue weighted by Crippen LogP contribution is 2.44. The molecular weight excluding hydrogens is 218 g/mol. The molecule has 2 rings (SSSR count). The Kier molecular flexibility index (Phi) is 3.15. The molecule has 0 spiro atoms. The molecule has 0 radical (unpaired) electrons. The van der Waals surface area contributed by atoms with Gasteiger partial charge in [0.1, 0.15) is 6.33 Å². The first-order valence-corrected chi connectivity index (χ1v) is 5.88. The summed E-state index contributed by atoms with van der Waals surface area (Å²) in [5.74, 6) is 1.25. The smallest absolute Gasteiger partial charge is 0.227 e. The summed E-state index contributed by atoms with van der Waals surface area (Å²) in [4.78, 5) is 16.1. The predicted molar refractivity (Wildman–Crippen MR) is 62.7 cm³/mol. The summed E-state index contributed by atoms with van der Waals surface area (Å²) in [6.45, 7) is 2.93. The Morgan fingerprint density at radius 1 is 1.71 bits per heavy atom. The molecule has 1 heterocycles. The second-order valence-electron chi connectivity index (χ2n) is 5.02. The fraction of sp³-hybridized carbons (Fsp3) is 0.727. The van der Waals surface area contributed by atoms with Crippen molar-refractivity contribution in [2.75, 3.05) is 6.54 Å². The van der Waals surface area contributed by atoms with Crippen LogP contribution in [0.4, 0.5) is 0 Å². The van der Waals surface area contributed by atoms with Gasteiger partial charge in [-0.05, 0) is 18.8 Å². The molecular formula is C11H19N5O. The first-order chi connectivity index (χ1) is 8.05. The summed E-state index contributed by atoms with van der Waals surface area (Å²) in [6, 6.07) is 0. The third-order valence-electron chi connectivity index (χ3n) is 3.40. The van der Waals surface area contributed by atoms with Gasteiger partial charge in [-0.3, -0.25) is 9.48 Å². The summed E-state index contributed by atoms with van der Waals surface area (Å²) in [5, 5.41) is 6.98. The van der Waals surface area contributed by atoms with E-state index in [9.17, 15) is 4.79 Å². The molecule has 0 saturated heterocycles. The van der Waals surface area contributed by atoms with Crippen molar-refractivity contribution in [3.8, 4) is 0 Å². The van der Waals surface area contributed by atoms with Crippen LogP contribution in [-0.4, -0.2) is 27.2 Å². The number of aryl methyl sites for hydroxylation is 1. The van der Waals surface area contributed by atoms with Crippen LogP contribution in [0, 0.1) is 11.3 Å². The summed E-state index contributed by atoms with van der Waals surface area (Å²) < 4.78 is 1.62. The molecule has 1 saturated carbocycles. The van der Waals surface area contributed by atoms with Crippen molar-refractivity contribution in [2.45, 2.75) is 26.3 Å². The monoisotopic (exact) mass is 237 g/mol. The van der Waals surface area contributed by atoms with Gasteiger partial charge in [0.2, 0.25) is 5.91 Å². The summed E-state index contributed by atoms with van der Waals surface area (Å²) in [5.41, 5.74) is 5.36. The molecule has 17 heavy (non-hydrogen) atoms. The Balaban J connectivity index is 1.89. The van der Waals surface area contributed by atoms with Crippen LogP contribution in [0.5, 0.6) is 0 Å². The number of rotatable bonds is 4. The number of aromatic nitrogens is 3. The van der Waals surface area contributed by atoms with E-state index in [0.717, 1.165) is 12.8 Å². The standard InChI is InChI=1S/C11H19N5O/c1-8-3-11(4-8,6-12)10(17)13-5-9-14-7-16(2)15-9/h7-8H,3-6,12H2,1-2H3,(H,13,17). The fourth-order valence-electron chi connectivity index (χ4n) is 2.53. The third kappa shape index (κ3) is 2.31. The number of nitrogens with two attached hydrogens (primary N) is 1. The van der Waals surface area contributed by atoms with Crippen molar-refractivity contribution in [1.29, 1.82) is 0 Å². The van der Waals surface area contributed by atoms with Gasteiger partial charge in [-0.1, -0.05) is 6.92 Å². The molecule has 0 unspecified atom stereocenters. The summed E-state index contributed by atoms with van der Waals surface area (Å²) in [6.07, 6.45) is 3.38. The van der Waals surface area contributed by atoms with E-state index in [0.29, 0.717) is 24.8 Å². The maximum absolute atomic E-state index is 12.1. The van der Waals surface area contributed by atoms with Crippen LogP contribution in [0.2, 0.25) is 0 Å². The molecule has 1 aromatic rings. The van der Waals surface area contributed by atoms with Crippen LogP contribution in [0.15, 0.2) is 6.33 Å². The average molecular weight is 237 g/mol. The van der Waals surface area contributed by atoms with Crippen LogP contribution >= 0.6 is 0 Å². The van der Waals surface area contributed by atoms with E-state index in [1.807, 2.05) is 0 Å². The van der Waals surface area contributed by atoms with Crippen molar-refractivity contribution in [1.82, 2.24) is 20.1 Å². The van der Waals surface area contributed by atoms with Gasteiger partial charge < -0.3 is 11.1 Å². The van der Waals surface area contributed by atoms with Crippen molar-refractivity contribution in [3.05, 3.63) is 12.2 Å². The number of carbonyl (C=O) groups is 1. The van der Waals surface area contributed by atoms with Gasteiger partial charge in [-0.15, -0.1) is 0 Å². The highest BCUT2D eigenvalue weighted by Gasteiger charge is 2.46. The highest BCUT2D eigenvalue weighted by molar-refractivity contribution is 5.83. The molecule has 94 valence electrons. The van der Waals surface area contributed by atoms with Crippen molar-refractivity contribution in [3.63, 3.8) is 0 Å². The molecule has 1 amide bonds. The minimum absolute atomic E-state index is 0.0329. The molecule has 1 aliphatic rings. The van der Waals surface area contributed by atoms with E-state index >= 15 is 0 Å². The van der Waals surface area contributed by atoms with Crippen molar-refractivity contribution in [2.24, 2.45) is 24.1 Å². The maximum Gasteiger partial charge on any atom is 0.227 e. The normalized spacial score (nSPS) is 27.6. The van der Waals surface area contributed by atoms with Crippen LogP contribution in [0.1, 0.15) is 25.6 Å². The summed E-state index contributed by atoms with van der Waals surface area (Å²) in [7, 11) is 1.80. The van der Waals surface area contributed by atoms with Crippen molar-refractivity contribution < 1.29 is 4.79 Å². The van der Waals surface area contributed by atoms with E-state index in [1.165, 1.54) is 0 Å². The number of hydrogen-bond acceptors (Lipinski definition) is 4. The largest absolute Gasteiger partial charge is 0.348 e. The molecule has 3 N–H and O–H groups in total. The Morgan fingerprint density at radius 2 is 2.41 bits per heavy atom. The lowest BCUT2D eigenvalue weighted by molar-refractivity contribution is -0.138. The van der Waals surface area contributed by atoms with Crippen LogP contribution < -0.4 is 11.1 Å². The Labute approximate surface area is 101 Å². The van der Waals surface area contributed by atoms with Gasteiger partial charge in [0.15, 0.2) is 5.82 Å². The van der Waals surface area contributed by atoms with E-state index in [4.69, 9.17) is 5.73 Å². The van der Waals surface area contributed by atoms with E-state index in [2.05, 4.69) is 22.3 Å². The zero-order chi connectivity index (χ0) is 12.5. The molecule has 0 aromatic carbocycles. The average Bonchev–Trinajstić information content (AvgIpc) is 2.67. The second kappa shape index (κ2) is 4.44. The molecule has 1 aliphatic carbocycles. The Hall–Kier alpha value is -1.43. The number of carbonyl (C=O) groups excluding carboxylic acids is 1. The quantitative estimate of drug-likeness (QED) is 0.759. The van der Waals surface area contributed by atoms with Gasteiger partial charge in [0.05, 0.1) is 12.0 Å². The predicted octanol–water partition coefficient (Wildman–Crippen LogP) is -0.194. The topological polar surface area (TPSA) is 85.8 Å². The lowest BCUT2D eigenvalue weighted by Gasteiger charge is -2.44. The number of nitrogens with one attached hydrogen (secondary N) is 1. The van der Waals surface area contributed by atoms with Crippen LogP contribution in [-0.2, 0) is 18.4 Å². The fourth-order valence-corrected chi connectivity index (χ4v) is 2.53. The molecule has 1 aromatic heterocycles. The second-order valence-corrected chi connectivity index (χ2v) is 5.02. The molecule has 0 atom stereocenters. The van der Waals surface area contributed by atoms with Crippen LogP contribution in [0.25, 0.3) is 0 Å². The van der Waals surface area contributed by atoms with E-state index in [-0.39, 0.29) is 11.3 Å².